The van der Waals surface area contributed by atoms with E-state index in [1.807, 2.05) is 36.4 Å². The summed E-state index contributed by atoms with van der Waals surface area (Å²) < 4.78 is 8.41. The van der Waals surface area contributed by atoms with Crippen LogP contribution in [0.4, 0.5) is 0 Å². The van der Waals surface area contributed by atoms with Crippen LogP contribution < -0.4 is 4.74 Å². The molecule has 5 heteroatoms. The second-order valence-electron chi connectivity index (χ2n) is 4.84. The number of ether oxygens (including phenoxy) is 1. The number of benzene rings is 2. The molecule has 0 N–H and O–H groups in total. The lowest BCUT2D eigenvalue weighted by Crippen LogP contribution is -1.98. The Bertz CT molecular complexity index is 893. The van der Waals surface area contributed by atoms with Gasteiger partial charge in [0.05, 0.1) is 29.8 Å². The number of nitrogens with zero attached hydrogens (tertiary/aromatic N) is 3. The van der Waals surface area contributed by atoms with Crippen LogP contribution in [-0.2, 0) is 6.54 Å². The van der Waals surface area contributed by atoms with Gasteiger partial charge in [-0.15, -0.1) is 0 Å². The maximum atomic E-state index is 9.05. The summed E-state index contributed by atoms with van der Waals surface area (Å²) in [4.78, 5) is 4.72. The minimum Gasteiger partial charge on any atom is -0.497 e. The first kappa shape index (κ1) is 14.6. The molecule has 3 aromatic rings. The molecule has 0 unspecified atom stereocenters. The number of fused-ring (bicyclic) bond motifs is 1. The van der Waals surface area contributed by atoms with E-state index in [0.29, 0.717) is 5.56 Å². The Kier molecular flexibility index (Phi) is 3.86. The first-order valence-electron chi connectivity index (χ1n) is 6.92. The lowest BCUT2D eigenvalue weighted by atomic mass is 10.2. The highest BCUT2D eigenvalue weighted by Gasteiger charge is 2.15. The highest BCUT2D eigenvalue weighted by molar-refractivity contribution is 9.10. The fourth-order valence-corrected chi connectivity index (χ4v) is 2.95. The molecule has 0 bridgehead atoms. The van der Waals surface area contributed by atoms with Crippen molar-refractivity contribution in [3.8, 4) is 23.2 Å². The molecule has 110 valence electrons. The second-order valence-corrected chi connectivity index (χ2v) is 5.70. The molecule has 1 aromatic heterocycles. The molecule has 0 aliphatic carbocycles. The van der Waals surface area contributed by atoms with Crippen molar-refractivity contribution < 1.29 is 4.74 Å². The van der Waals surface area contributed by atoms with Crippen LogP contribution in [0.5, 0.6) is 5.75 Å². The summed E-state index contributed by atoms with van der Waals surface area (Å²) in [5.41, 5.74) is 3.43. The first-order valence-corrected chi connectivity index (χ1v) is 7.71. The molecule has 1 heterocycles. The van der Waals surface area contributed by atoms with E-state index in [4.69, 9.17) is 15.0 Å². The highest BCUT2D eigenvalue weighted by Crippen LogP contribution is 2.33. The SMILES string of the molecule is CCn1c(-c2cc(OC)ccc2Br)nc2cc(C#N)ccc21. The van der Waals surface area contributed by atoms with Crippen LogP contribution in [-0.4, -0.2) is 16.7 Å². The summed E-state index contributed by atoms with van der Waals surface area (Å²) in [5, 5.41) is 9.05. The van der Waals surface area contributed by atoms with Gasteiger partial charge >= 0.3 is 0 Å². The number of hydrogen-bond donors (Lipinski definition) is 0. The van der Waals surface area contributed by atoms with E-state index in [0.717, 1.165) is 39.2 Å². The highest BCUT2D eigenvalue weighted by atomic mass is 79.9. The Labute approximate surface area is 137 Å². The smallest absolute Gasteiger partial charge is 0.142 e. The maximum Gasteiger partial charge on any atom is 0.142 e. The van der Waals surface area contributed by atoms with Gasteiger partial charge in [0, 0.05) is 16.6 Å². The summed E-state index contributed by atoms with van der Waals surface area (Å²) in [6.45, 7) is 2.87. The fraction of sp³-hybridized carbons (Fsp3) is 0.176. The minimum absolute atomic E-state index is 0.615. The Morgan fingerprint density at radius 1 is 1.27 bits per heavy atom. The third kappa shape index (κ3) is 2.36. The average Bonchev–Trinajstić information content (AvgIpc) is 2.92. The summed E-state index contributed by atoms with van der Waals surface area (Å²) in [7, 11) is 1.65. The predicted octanol–water partition coefficient (Wildman–Crippen LogP) is 4.37. The normalized spacial score (nSPS) is 10.6. The summed E-state index contributed by atoms with van der Waals surface area (Å²) >= 11 is 3.58. The van der Waals surface area contributed by atoms with Crippen LogP contribution in [0.3, 0.4) is 0 Å². The molecular formula is C17H14BrN3O. The second kappa shape index (κ2) is 5.82. The Morgan fingerprint density at radius 3 is 2.77 bits per heavy atom. The van der Waals surface area contributed by atoms with Crippen molar-refractivity contribution in [1.29, 1.82) is 5.26 Å². The molecule has 3 rings (SSSR count). The molecular weight excluding hydrogens is 342 g/mol. The minimum atomic E-state index is 0.615. The molecule has 0 radical (unpaired) electrons. The quantitative estimate of drug-likeness (QED) is 0.700. The molecule has 0 fully saturated rings. The van der Waals surface area contributed by atoms with Crippen molar-refractivity contribution in [3.63, 3.8) is 0 Å². The molecule has 0 saturated heterocycles. The molecule has 22 heavy (non-hydrogen) atoms. The van der Waals surface area contributed by atoms with Gasteiger partial charge in [0.2, 0.25) is 0 Å². The van der Waals surface area contributed by atoms with E-state index in [2.05, 4.69) is 33.5 Å². The number of methoxy groups -OCH3 is 1. The van der Waals surface area contributed by atoms with Crippen molar-refractivity contribution in [1.82, 2.24) is 9.55 Å². The van der Waals surface area contributed by atoms with Gasteiger partial charge in [-0.05, 0) is 43.3 Å². The van der Waals surface area contributed by atoms with Crippen molar-refractivity contribution in [2.45, 2.75) is 13.5 Å². The van der Waals surface area contributed by atoms with Gasteiger partial charge in [-0.1, -0.05) is 15.9 Å². The lowest BCUT2D eigenvalue weighted by molar-refractivity contribution is 0.415. The Hall–Kier alpha value is -2.32. The maximum absolute atomic E-state index is 9.05. The van der Waals surface area contributed by atoms with Gasteiger partial charge in [0.1, 0.15) is 11.6 Å². The van der Waals surface area contributed by atoms with Gasteiger partial charge in [-0.2, -0.15) is 5.26 Å². The lowest BCUT2D eigenvalue weighted by Gasteiger charge is -2.09. The van der Waals surface area contributed by atoms with Gasteiger partial charge in [0.15, 0.2) is 0 Å². The van der Waals surface area contributed by atoms with E-state index < -0.39 is 0 Å². The number of aryl methyl sites for hydroxylation is 1. The van der Waals surface area contributed by atoms with Crippen molar-refractivity contribution >= 4 is 27.0 Å². The Morgan fingerprint density at radius 2 is 2.09 bits per heavy atom. The monoisotopic (exact) mass is 355 g/mol. The largest absolute Gasteiger partial charge is 0.497 e. The van der Waals surface area contributed by atoms with Crippen molar-refractivity contribution in [2.24, 2.45) is 0 Å². The molecule has 0 aliphatic rings. The molecule has 0 spiro atoms. The van der Waals surface area contributed by atoms with Crippen molar-refractivity contribution in [3.05, 3.63) is 46.4 Å². The first-order chi connectivity index (χ1) is 10.7. The van der Waals surface area contributed by atoms with Gasteiger partial charge in [-0.3, -0.25) is 0 Å². The summed E-state index contributed by atoms with van der Waals surface area (Å²) in [5.74, 6) is 1.64. The average molecular weight is 356 g/mol. The number of halogens is 1. The topological polar surface area (TPSA) is 50.8 Å². The van der Waals surface area contributed by atoms with Crippen LogP contribution in [0.25, 0.3) is 22.4 Å². The van der Waals surface area contributed by atoms with E-state index in [-0.39, 0.29) is 0 Å². The summed E-state index contributed by atoms with van der Waals surface area (Å²) in [6.07, 6.45) is 0. The van der Waals surface area contributed by atoms with E-state index in [9.17, 15) is 0 Å². The van der Waals surface area contributed by atoms with Gasteiger partial charge in [0.25, 0.3) is 0 Å². The molecule has 0 saturated carbocycles. The number of aromatic nitrogens is 2. The van der Waals surface area contributed by atoms with E-state index in [1.54, 1.807) is 7.11 Å². The van der Waals surface area contributed by atoms with Crippen molar-refractivity contribution in [2.75, 3.05) is 7.11 Å². The fourth-order valence-electron chi connectivity index (χ4n) is 2.53. The molecule has 0 amide bonds. The predicted molar refractivity (Wildman–Crippen MR) is 89.8 cm³/mol. The molecule has 0 atom stereocenters. The number of imidazole rings is 1. The van der Waals surface area contributed by atoms with Crippen LogP contribution in [0.1, 0.15) is 12.5 Å². The van der Waals surface area contributed by atoms with Crippen LogP contribution in [0, 0.1) is 11.3 Å². The number of hydrogen-bond acceptors (Lipinski definition) is 3. The van der Waals surface area contributed by atoms with E-state index >= 15 is 0 Å². The third-order valence-corrected chi connectivity index (χ3v) is 4.30. The standard InChI is InChI=1S/C17H14BrN3O/c1-3-21-16-7-4-11(10-19)8-15(16)20-17(21)13-9-12(22-2)5-6-14(13)18/h4-9H,3H2,1-2H3. The zero-order chi connectivity index (χ0) is 15.7. The van der Waals surface area contributed by atoms with Crippen LogP contribution in [0.15, 0.2) is 40.9 Å². The van der Waals surface area contributed by atoms with Crippen LogP contribution >= 0.6 is 15.9 Å². The Balaban J connectivity index is 2.29. The van der Waals surface area contributed by atoms with Gasteiger partial charge in [-0.25, -0.2) is 4.98 Å². The summed E-state index contributed by atoms with van der Waals surface area (Å²) in [6, 6.07) is 13.6. The molecule has 0 aliphatic heterocycles. The molecule has 2 aromatic carbocycles. The van der Waals surface area contributed by atoms with Gasteiger partial charge < -0.3 is 9.30 Å². The zero-order valence-electron chi connectivity index (χ0n) is 12.3. The third-order valence-electron chi connectivity index (χ3n) is 3.61. The zero-order valence-corrected chi connectivity index (χ0v) is 13.9. The number of rotatable bonds is 3. The molecule has 4 nitrogen and oxygen atoms in total. The number of nitriles is 1. The van der Waals surface area contributed by atoms with E-state index in [1.165, 1.54) is 0 Å². The van der Waals surface area contributed by atoms with Crippen LogP contribution in [0.2, 0.25) is 0 Å².